The minimum absolute atomic E-state index is 0.0771. The Bertz CT molecular complexity index is 244. The number of carbonyl (C=O) groups excluding carboxylic acids is 2. The summed E-state index contributed by atoms with van der Waals surface area (Å²) in [5.74, 6) is -0.409. The topological polar surface area (TPSA) is 67.4 Å². The first-order valence-electron chi connectivity index (χ1n) is 6.83. The van der Waals surface area contributed by atoms with Crippen molar-refractivity contribution < 1.29 is 14.3 Å². The van der Waals surface area contributed by atoms with Crippen LogP contribution in [0.3, 0.4) is 0 Å². The molecule has 0 aromatic carbocycles. The van der Waals surface area contributed by atoms with Crippen LogP contribution in [0.5, 0.6) is 0 Å². The molecule has 0 heterocycles. The van der Waals surface area contributed by atoms with Gasteiger partial charge in [0.1, 0.15) is 6.54 Å². The summed E-state index contributed by atoms with van der Waals surface area (Å²) >= 11 is 0. The Labute approximate surface area is 110 Å². The fourth-order valence-corrected chi connectivity index (χ4v) is 1.69. The zero-order valence-electron chi connectivity index (χ0n) is 11.8. The lowest BCUT2D eigenvalue weighted by Gasteiger charge is -2.18. The minimum atomic E-state index is -0.409. The number of esters is 1. The first-order chi connectivity index (χ1) is 8.63. The van der Waals surface area contributed by atoms with Crippen molar-refractivity contribution in [1.82, 2.24) is 10.6 Å². The number of hydrogen-bond acceptors (Lipinski definition) is 3. The third kappa shape index (κ3) is 8.84. The number of nitrogens with one attached hydrogen (secondary N) is 2. The van der Waals surface area contributed by atoms with E-state index in [9.17, 15) is 9.59 Å². The van der Waals surface area contributed by atoms with Gasteiger partial charge in [0, 0.05) is 6.04 Å². The fraction of sp³-hybridized carbons (Fsp3) is 0.846. The van der Waals surface area contributed by atoms with E-state index in [1.54, 1.807) is 6.92 Å². The third-order valence-corrected chi connectivity index (χ3v) is 2.58. The molecule has 0 saturated heterocycles. The second-order valence-electron chi connectivity index (χ2n) is 4.26. The fourth-order valence-electron chi connectivity index (χ4n) is 1.69. The maximum Gasteiger partial charge on any atom is 0.325 e. The van der Waals surface area contributed by atoms with Gasteiger partial charge < -0.3 is 15.4 Å². The molecule has 0 aliphatic heterocycles. The van der Waals surface area contributed by atoms with Crippen molar-refractivity contribution in [3.05, 3.63) is 0 Å². The van der Waals surface area contributed by atoms with Gasteiger partial charge in [-0.25, -0.2) is 4.79 Å². The lowest BCUT2D eigenvalue weighted by molar-refractivity contribution is -0.141. The van der Waals surface area contributed by atoms with E-state index in [1.807, 2.05) is 0 Å². The van der Waals surface area contributed by atoms with E-state index in [0.717, 1.165) is 32.1 Å². The van der Waals surface area contributed by atoms with Gasteiger partial charge in [-0.05, 0) is 19.8 Å². The number of unbranched alkanes of at least 4 members (excludes halogenated alkanes) is 1. The van der Waals surface area contributed by atoms with E-state index in [0.29, 0.717) is 6.61 Å². The molecule has 0 rings (SSSR count). The SMILES string of the molecule is CCCCC(CCC)NC(=O)NCC(=O)OCC. The Hall–Kier alpha value is -1.26. The smallest absolute Gasteiger partial charge is 0.325 e. The molecular formula is C13H26N2O3. The molecule has 18 heavy (non-hydrogen) atoms. The molecule has 0 saturated carbocycles. The van der Waals surface area contributed by atoms with Crippen molar-refractivity contribution in [2.24, 2.45) is 0 Å². The molecule has 0 aliphatic carbocycles. The van der Waals surface area contributed by atoms with Crippen molar-refractivity contribution in [2.75, 3.05) is 13.2 Å². The summed E-state index contributed by atoms with van der Waals surface area (Å²) < 4.78 is 4.73. The van der Waals surface area contributed by atoms with Crippen LogP contribution in [0.25, 0.3) is 0 Å². The molecule has 5 nitrogen and oxygen atoms in total. The van der Waals surface area contributed by atoms with Crippen LogP contribution in [-0.4, -0.2) is 31.2 Å². The van der Waals surface area contributed by atoms with E-state index in [4.69, 9.17) is 4.74 Å². The van der Waals surface area contributed by atoms with Crippen molar-refractivity contribution in [3.63, 3.8) is 0 Å². The monoisotopic (exact) mass is 258 g/mol. The van der Waals surface area contributed by atoms with Crippen LogP contribution >= 0.6 is 0 Å². The molecule has 0 aromatic rings. The van der Waals surface area contributed by atoms with Crippen LogP contribution in [0.1, 0.15) is 52.9 Å². The van der Waals surface area contributed by atoms with Gasteiger partial charge >= 0.3 is 12.0 Å². The summed E-state index contributed by atoms with van der Waals surface area (Å²) in [7, 11) is 0. The van der Waals surface area contributed by atoms with E-state index in [2.05, 4.69) is 24.5 Å². The molecule has 0 fully saturated rings. The number of carbonyl (C=O) groups is 2. The highest BCUT2D eigenvalue weighted by atomic mass is 16.5. The van der Waals surface area contributed by atoms with Gasteiger partial charge in [-0.1, -0.05) is 33.1 Å². The van der Waals surface area contributed by atoms with E-state index >= 15 is 0 Å². The van der Waals surface area contributed by atoms with Crippen LogP contribution in [0.4, 0.5) is 4.79 Å². The van der Waals surface area contributed by atoms with Crippen molar-refractivity contribution in [1.29, 1.82) is 0 Å². The quantitative estimate of drug-likeness (QED) is 0.623. The Balaban J connectivity index is 3.89. The maximum absolute atomic E-state index is 11.6. The van der Waals surface area contributed by atoms with Crippen LogP contribution in [0.15, 0.2) is 0 Å². The molecule has 0 bridgehead atoms. The normalized spacial score (nSPS) is 11.7. The van der Waals surface area contributed by atoms with Gasteiger partial charge in [-0.3, -0.25) is 4.79 Å². The van der Waals surface area contributed by atoms with E-state index < -0.39 is 5.97 Å². The predicted molar refractivity (Wildman–Crippen MR) is 71.4 cm³/mol. The molecule has 2 N–H and O–H groups in total. The summed E-state index contributed by atoms with van der Waals surface area (Å²) in [4.78, 5) is 22.6. The lowest BCUT2D eigenvalue weighted by atomic mass is 10.1. The predicted octanol–water partition coefficient (Wildman–Crippen LogP) is 2.21. The van der Waals surface area contributed by atoms with Crippen LogP contribution in [0.2, 0.25) is 0 Å². The van der Waals surface area contributed by atoms with E-state index in [-0.39, 0.29) is 18.6 Å². The second-order valence-corrected chi connectivity index (χ2v) is 4.26. The van der Waals surface area contributed by atoms with E-state index in [1.165, 1.54) is 0 Å². The molecule has 0 aliphatic rings. The van der Waals surface area contributed by atoms with Crippen molar-refractivity contribution >= 4 is 12.0 Å². The van der Waals surface area contributed by atoms with Gasteiger partial charge in [0.25, 0.3) is 0 Å². The highest BCUT2D eigenvalue weighted by Gasteiger charge is 2.11. The Kier molecular flexibility index (Phi) is 10.1. The Morgan fingerprint density at radius 2 is 1.83 bits per heavy atom. The standard InChI is InChI=1S/C13H26N2O3/c1-4-7-9-11(8-5-2)15-13(17)14-10-12(16)18-6-3/h11H,4-10H2,1-3H3,(H2,14,15,17). The number of rotatable bonds is 9. The highest BCUT2D eigenvalue weighted by Crippen LogP contribution is 2.06. The number of hydrogen-bond donors (Lipinski definition) is 2. The van der Waals surface area contributed by atoms with Crippen LogP contribution in [-0.2, 0) is 9.53 Å². The molecule has 106 valence electrons. The van der Waals surface area contributed by atoms with Gasteiger partial charge in [0.05, 0.1) is 6.61 Å². The van der Waals surface area contributed by atoms with Crippen molar-refractivity contribution in [2.45, 2.75) is 58.9 Å². The lowest BCUT2D eigenvalue weighted by Crippen LogP contribution is -2.44. The van der Waals surface area contributed by atoms with Gasteiger partial charge in [-0.2, -0.15) is 0 Å². The Morgan fingerprint density at radius 1 is 1.11 bits per heavy atom. The minimum Gasteiger partial charge on any atom is -0.465 e. The maximum atomic E-state index is 11.6. The molecule has 2 amide bonds. The average molecular weight is 258 g/mol. The molecule has 1 unspecified atom stereocenters. The van der Waals surface area contributed by atoms with Crippen LogP contribution < -0.4 is 10.6 Å². The molecule has 0 spiro atoms. The molecule has 5 heteroatoms. The first kappa shape index (κ1) is 16.7. The first-order valence-corrected chi connectivity index (χ1v) is 6.83. The largest absolute Gasteiger partial charge is 0.465 e. The zero-order valence-corrected chi connectivity index (χ0v) is 11.8. The molecule has 1 atom stereocenters. The zero-order chi connectivity index (χ0) is 13.8. The molecule has 0 radical (unpaired) electrons. The van der Waals surface area contributed by atoms with Gasteiger partial charge in [0.2, 0.25) is 0 Å². The van der Waals surface area contributed by atoms with Crippen LogP contribution in [0, 0.1) is 0 Å². The Morgan fingerprint density at radius 3 is 2.39 bits per heavy atom. The van der Waals surface area contributed by atoms with Gasteiger partial charge in [-0.15, -0.1) is 0 Å². The summed E-state index contributed by atoms with van der Waals surface area (Å²) in [6, 6.07) is -0.102. The van der Waals surface area contributed by atoms with Crippen molar-refractivity contribution in [3.8, 4) is 0 Å². The average Bonchev–Trinajstić information content (AvgIpc) is 2.34. The second kappa shape index (κ2) is 10.9. The third-order valence-electron chi connectivity index (χ3n) is 2.58. The summed E-state index contributed by atoms with van der Waals surface area (Å²) in [6.07, 6.45) is 5.20. The number of amides is 2. The summed E-state index contributed by atoms with van der Waals surface area (Å²) in [5.41, 5.74) is 0. The van der Waals surface area contributed by atoms with Gasteiger partial charge in [0.15, 0.2) is 0 Å². The summed E-state index contributed by atoms with van der Waals surface area (Å²) in [6.45, 7) is 6.21. The molecular weight excluding hydrogens is 232 g/mol. The molecule has 0 aromatic heterocycles. The highest BCUT2D eigenvalue weighted by molar-refractivity contribution is 5.80. The summed E-state index contributed by atoms with van der Waals surface area (Å²) in [5, 5.41) is 5.40. The number of urea groups is 1. The number of ether oxygens (including phenoxy) is 1.